The predicted octanol–water partition coefficient (Wildman–Crippen LogP) is 3.95. The van der Waals surface area contributed by atoms with E-state index in [9.17, 15) is 14.7 Å². The number of amides is 2. The SMILES string of the molecule is CC(C)[C@H](I)C(=O)N1C[C@H](O)C[C@H]1C(=O)N[C@@H](C)c1ccc(C2=CC=C=CC=C2)cc1.[Lr]. The normalized spacial score (nSPS) is 21.6. The van der Waals surface area contributed by atoms with Crippen molar-refractivity contribution in [2.45, 2.75) is 49.3 Å². The number of rotatable bonds is 6. The standard InChI is InChI=1S/C25H29IN2O3.Lr/c1-16(2)23(26)25(31)28-15-21(29)14-22(28)24(30)27-17(3)18-10-12-20(13-11-18)19-8-6-4-5-7-9-19;/h4,6-13,16-17,21-23,29H,14-15H2,1-3H3,(H,27,30);/t17-,21+,22-,23-;/m0./s1. The molecule has 1 heterocycles. The molecule has 1 aromatic rings. The molecule has 7 heteroatoms. The van der Waals surface area contributed by atoms with Gasteiger partial charge in [-0.15, -0.1) is 5.73 Å². The monoisotopic (exact) mass is 794 g/mol. The van der Waals surface area contributed by atoms with E-state index in [0.29, 0.717) is 0 Å². The van der Waals surface area contributed by atoms with Gasteiger partial charge < -0.3 is 15.3 Å². The van der Waals surface area contributed by atoms with Gasteiger partial charge in [0.2, 0.25) is 11.8 Å². The average molecular weight is 794 g/mol. The minimum atomic E-state index is -0.672. The van der Waals surface area contributed by atoms with Crippen molar-refractivity contribution >= 4 is 40.0 Å². The molecule has 3 rings (SSSR count). The van der Waals surface area contributed by atoms with Crippen LogP contribution in [0.4, 0.5) is 0 Å². The summed E-state index contributed by atoms with van der Waals surface area (Å²) in [7, 11) is 0. The zero-order valence-corrected chi connectivity index (χ0v) is 22.7. The number of likely N-dealkylation sites (tertiary alicyclic amines) is 1. The fraction of sp³-hybridized carbons (Fsp3) is 0.400. The number of halogens is 1. The molecule has 1 fully saturated rings. The van der Waals surface area contributed by atoms with Crippen LogP contribution in [0.1, 0.15) is 44.4 Å². The number of aliphatic hydroxyl groups excluding tert-OH is 1. The summed E-state index contributed by atoms with van der Waals surface area (Å²) in [5, 5.41) is 13.1. The van der Waals surface area contributed by atoms with Crippen molar-refractivity contribution < 1.29 is 14.7 Å². The Morgan fingerprint density at radius 3 is 2.53 bits per heavy atom. The number of β-amino-alcohol motifs (C(OH)–C–C–N with tert-alkyl or cyclic N) is 1. The van der Waals surface area contributed by atoms with Crippen LogP contribution in [0.3, 0.4) is 0 Å². The number of carbonyl (C=O) groups excluding carboxylic acids is 2. The first-order chi connectivity index (χ1) is 14.8. The first-order valence-electron chi connectivity index (χ1n) is 10.6. The number of carbonyl (C=O) groups is 2. The summed E-state index contributed by atoms with van der Waals surface area (Å²) in [5.41, 5.74) is 6.21. The van der Waals surface area contributed by atoms with E-state index in [-0.39, 0.29) is 40.7 Å². The number of nitrogens with zero attached hydrogens (tertiary/aromatic N) is 1. The van der Waals surface area contributed by atoms with Crippen LogP contribution in [0.2, 0.25) is 0 Å². The van der Waals surface area contributed by atoms with Crippen LogP contribution < -0.4 is 5.32 Å². The van der Waals surface area contributed by atoms with Crippen molar-refractivity contribution in [3.8, 4) is 0 Å². The number of nitrogens with one attached hydrogen (secondary N) is 1. The van der Waals surface area contributed by atoms with E-state index >= 15 is 0 Å². The van der Waals surface area contributed by atoms with E-state index in [1.54, 1.807) is 4.90 Å². The van der Waals surface area contributed by atoms with Crippen LogP contribution in [0.5, 0.6) is 0 Å². The summed E-state index contributed by atoms with van der Waals surface area (Å²) in [6.45, 7) is 6.10. The summed E-state index contributed by atoms with van der Waals surface area (Å²) in [5.74, 6) is -0.145. The maximum absolute atomic E-state index is 13.0. The van der Waals surface area contributed by atoms with E-state index in [1.165, 1.54) is 0 Å². The van der Waals surface area contributed by atoms with Crippen LogP contribution >= 0.6 is 22.6 Å². The van der Waals surface area contributed by atoms with Crippen molar-refractivity contribution in [1.29, 1.82) is 0 Å². The molecule has 1 aliphatic carbocycles. The first-order valence-corrected chi connectivity index (χ1v) is 11.8. The number of aliphatic hydroxyl groups is 1. The Hall–Kier alpha value is -3.15. The molecule has 1 aromatic carbocycles. The largest absolute Gasteiger partial charge is 0.391 e. The second kappa shape index (κ2) is 10.9. The Labute approximate surface area is 197 Å². The van der Waals surface area contributed by atoms with Gasteiger partial charge in [-0.3, -0.25) is 9.59 Å². The molecule has 4 atom stereocenters. The Balaban J connectivity index is 0.00000363. The van der Waals surface area contributed by atoms with Crippen molar-refractivity contribution in [3.63, 3.8) is 0 Å². The fourth-order valence-electron chi connectivity index (χ4n) is 3.76. The molecule has 5 nitrogen and oxygen atoms in total. The molecule has 179 valence electrons. The van der Waals surface area contributed by atoms with Crippen molar-refractivity contribution in [2.24, 2.45) is 5.92 Å². The number of benzene rings is 1. The van der Waals surface area contributed by atoms with Gasteiger partial charge in [-0.05, 0) is 47.8 Å². The molecule has 2 N–H and O–H groups in total. The molecule has 1 aliphatic heterocycles. The van der Waals surface area contributed by atoms with E-state index in [2.05, 4.69) is 33.6 Å². The summed E-state index contributed by atoms with van der Waals surface area (Å²) in [6, 6.07) is 7.22. The van der Waals surface area contributed by atoms with Gasteiger partial charge in [0, 0.05) is 13.0 Å². The number of alkyl halides is 1. The maximum Gasteiger partial charge on any atom is 0.243 e. The molecular weight excluding hydrogens is 765 g/mol. The summed E-state index contributed by atoms with van der Waals surface area (Å²) < 4.78 is -0.222. The number of allylic oxidation sites excluding steroid dienone is 5. The van der Waals surface area contributed by atoms with Gasteiger partial charge in [-0.1, -0.05) is 72.9 Å². The number of hydrogen-bond donors (Lipinski definition) is 2. The molecule has 32 heavy (non-hydrogen) atoms. The van der Waals surface area contributed by atoms with Gasteiger partial charge in [0.1, 0.15) is 6.04 Å². The molecule has 2 amide bonds. The Kier molecular flexibility index (Phi) is 8.58. The third kappa shape index (κ3) is 5.75. The van der Waals surface area contributed by atoms with Gasteiger partial charge in [0.15, 0.2) is 0 Å². The van der Waals surface area contributed by atoms with Gasteiger partial charge in [-0.2, -0.15) is 0 Å². The Morgan fingerprint density at radius 1 is 1.19 bits per heavy atom. The molecule has 1 radical (unpaired) electrons. The smallest absolute Gasteiger partial charge is 0.243 e. The van der Waals surface area contributed by atoms with Crippen LogP contribution in [0, 0.1) is 5.92 Å². The van der Waals surface area contributed by atoms with Gasteiger partial charge in [0.05, 0.1) is 16.1 Å². The van der Waals surface area contributed by atoms with Gasteiger partial charge in [-0.25, -0.2) is 0 Å². The van der Waals surface area contributed by atoms with Crippen molar-refractivity contribution in [2.75, 3.05) is 6.54 Å². The second-order valence-corrected chi connectivity index (χ2v) is 9.72. The molecule has 0 saturated carbocycles. The summed E-state index contributed by atoms with van der Waals surface area (Å²) in [6.07, 6.45) is 9.34. The van der Waals surface area contributed by atoms with Gasteiger partial charge >= 0.3 is 0 Å². The third-order valence-corrected chi connectivity index (χ3v) is 7.59. The molecule has 0 bridgehead atoms. The van der Waals surface area contributed by atoms with Crippen LogP contribution in [-0.2, 0) is 9.59 Å². The molecular formula is C25H29ILrN2O3. The maximum atomic E-state index is 13.0. The summed E-state index contributed by atoms with van der Waals surface area (Å²) in [4.78, 5) is 27.3. The summed E-state index contributed by atoms with van der Waals surface area (Å²) >= 11 is 2.12. The van der Waals surface area contributed by atoms with Crippen molar-refractivity contribution in [3.05, 3.63) is 71.5 Å². The quantitative estimate of drug-likeness (QED) is 0.261. The Bertz CT molecular complexity index is 948. The topological polar surface area (TPSA) is 69.6 Å². The molecule has 2 aliphatic rings. The molecule has 0 aromatic heterocycles. The minimum absolute atomic E-state index is 0. The van der Waals surface area contributed by atoms with Gasteiger partial charge in [0.25, 0.3) is 0 Å². The minimum Gasteiger partial charge on any atom is -0.391 e. The average Bonchev–Trinajstić information content (AvgIpc) is 2.96. The zero-order valence-electron chi connectivity index (χ0n) is 18.3. The zero-order chi connectivity index (χ0) is 22.5. The van der Waals surface area contributed by atoms with E-state index in [1.807, 2.05) is 75.4 Å². The molecule has 0 unspecified atom stereocenters. The van der Waals surface area contributed by atoms with Crippen molar-refractivity contribution in [1.82, 2.24) is 10.2 Å². The van der Waals surface area contributed by atoms with Crippen LogP contribution in [-0.4, -0.2) is 44.4 Å². The van der Waals surface area contributed by atoms with Crippen LogP contribution in [0.25, 0.3) is 5.57 Å². The second-order valence-electron chi connectivity index (χ2n) is 8.38. The molecule has 0 spiro atoms. The predicted molar refractivity (Wildman–Crippen MR) is 132 cm³/mol. The van der Waals surface area contributed by atoms with E-state index in [0.717, 1.165) is 16.7 Å². The molecule has 1 saturated heterocycles. The van der Waals surface area contributed by atoms with E-state index < -0.39 is 12.1 Å². The Morgan fingerprint density at radius 2 is 1.88 bits per heavy atom. The van der Waals surface area contributed by atoms with E-state index in [4.69, 9.17) is 0 Å². The first kappa shape index (κ1) is 25.1. The third-order valence-electron chi connectivity index (χ3n) is 5.62. The fourth-order valence-corrected chi connectivity index (χ4v) is 4.11. The number of hydrogen-bond acceptors (Lipinski definition) is 3. The van der Waals surface area contributed by atoms with Crippen LogP contribution in [0.15, 0.2) is 60.4 Å².